The lowest BCUT2D eigenvalue weighted by atomic mass is 10.2. The largest absolute Gasteiger partial charge is 0.372 e. The van der Waals surface area contributed by atoms with Crippen molar-refractivity contribution in [2.24, 2.45) is 0 Å². The molecule has 1 aromatic rings. The second-order valence-electron chi connectivity index (χ2n) is 4.78. The lowest BCUT2D eigenvalue weighted by Gasteiger charge is -2.35. The zero-order valence-corrected chi connectivity index (χ0v) is 13.2. The Balaban J connectivity index is 2.11. The topological polar surface area (TPSA) is 46.6 Å². The molecule has 0 bridgehead atoms. The van der Waals surface area contributed by atoms with Crippen LogP contribution in [0.2, 0.25) is 0 Å². The third kappa shape index (κ3) is 4.02. The van der Waals surface area contributed by atoms with Crippen molar-refractivity contribution < 1.29 is 13.2 Å². The molecule has 2 atom stereocenters. The molecule has 6 heteroatoms. The van der Waals surface area contributed by atoms with Crippen LogP contribution in [-0.2, 0) is 20.5 Å². The van der Waals surface area contributed by atoms with Crippen LogP contribution in [0.15, 0.2) is 30.3 Å². The number of sulfonamides is 1. The SMILES string of the molecule is CC1CN(S(=O)(=O)Cc2ccccc2)CC(CBr)O1. The van der Waals surface area contributed by atoms with Gasteiger partial charge in [-0.25, -0.2) is 8.42 Å². The van der Waals surface area contributed by atoms with Gasteiger partial charge < -0.3 is 4.74 Å². The summed E-state index contributed by atoms with van der Waals surface area (Å²) in [5.41, 5.74) is 0.817. The molecule has 2 rings (SSSR count). The summed E-state index contributed by atoms with van der Waals surface area (Å²) in [6, 6.07) is 9.27. The molecule has 1 saturated heterocycles. The van der Waals surface area contributed by atoms with Crippen molar-refractivity contribution >= 4 is 26.0 Å². The maximum Gasteiger partial charge on any atom is 0.218 e. The Hall–Kier alpha value is -0.430. The van der Waals surface area contributed by atoms with Gasteiger partial charge in [-0.1, -0.05) is 46.3 Å². The fraction of sp³-hybridized carbons (Fsp3) is 0.538. The molecule has 1 fully saturated rings. The number of nitrogens with zero attached hydrogens (tertiary/aromatic N) is 1. The van der Waals surface area contributed by atoms with Gasteiger partial charge in [0, 0.05) is 18.4 Å². The third-order valence-electron chi connectivity index (χ3n) is 3.05. The highest BCUT2D eigenvalue weighted by Gasteiger charge is 2.32. The van der Waals surface area contributed by atoms with Gasteiger partial charge in [0.25, 0.3) is 0 Å². The van der Waals surface area contributed by atoms with Crippen molar-refractivity contribution in [2.75, 3.05) is 18.4 Å². The van der Waals surface area contributed by atoms with Gasteiger partial charge in [-0.2, -0.15) is 4.31 Å². The molecule has 0 radical (unpaired) electrons. The van der Waals surface area contributed by atoms with E-state index in [1.807, 2.05) is 37.3 Å². The molecule has 1 aromatic carbocycles. The van der Waals surface area contributed by atoms with Crippen molar-refractivity contribution in [3.05, 3.63) is 35.9 Å². The summed E-state index contributed by atoms with van der Waals surface area (Å²) in [6.07, 6.45) is -0.142. The molecule has 0 amide bonds. The van der Waals surface area contributed by atoms with Crippen LogP contribution in [0.5, 0.6) is 0 Å². The van der Waals surface area contributed by atoms with Gasteiger partial charge in [0.2, 0.25) is 10.0 Å². The van der Waals surface area contributed by atoms with E-state index in [0.717, 1.165) is 5.56 Å². The number of hydrogen-bond donors (Lipinski definition) is 0. The van der Waals surface area contributed by atoms with Crippen molar-refractivity contribution in [3.63, 3.8) is 0 Å². The summed E-state index contributed by atoms with van der Waals surface area (Å²) in [5, 5.41) is 0.648. The van der Waals surface area contributed by atoms with Crippen molar-refractivity contribution in [3.8, 4) is 0 Å². The summed E-state index contributed by atoms with van der Waals surface area (Å²) in [4.78, 5) is 0. The maximum absolute atomic E-state index is 12.4. The van der Waals surface area contributed by atoms with E-state index in [1.165, 1.54) is 0 Å². The lowest BCUT2D eigenvalue weighted by Crippen LogP contribution is -2.49. The Labute approximate surface area is 122 Å². The summed E-state index contributed by atoms with van der Waals surface area (Å²) < 4.78 is 32.0. The number of ether oxygens (including phenoxy) is 1. The fourth-order valence-electron chi connectivity index (χ4n) is 2.19. The first-order valence-electron chi connectivity index (χ1n) is 6.24. The van der Waals surface area contributed by atoms with Crippen LogP contribution >= 0.6 is 15.9 Å². The van der Waals surface area contributed by atoms with Crippen molar-refractivity contribution in [2.45, 2.75) is 24.9 Å². The van der Waals surface area contributed by atoms with E-state index in [1.54, 1.807) is 4.31 Å². The minimum Gasteiger partial charge on any atom is -0.372 e. The average molecular weight is 348 g/mol. The first kappa shape index (κ1) is 15.0. The molecule has 1 aliphatic heterocycles. The molecule has 4 nitrogen and oxygen atoms in total. The molecule has 0 aliphatic carbocycles. The van der Waals surface area contributed by atoms with Gasteiger partial charge in [0.05, 0.1) is 18.0 Å². The summed E-state index contributed by atoms with van der Waals surface area (Å²) in [7, 11) is -3.28. The second-order valence-corrected chi connectivity index (χ2v) is 7.40. The minimum absolute atomic E-state index is 0.0512. The van der Waals surface area contributed by atoms with Crippen LogP contribution < -0.4 is 0 Å². The van der Waals surface area contributed by atoms with E-state index in [4.69, 9.17) is 4.74 Å². The molecule has 0 spiro atoms. The zero-order valence-electron chi connectivity index (χ0n) is 10.8. The molecule has 106 valence electrons. The highest BCUT2D eigenvalue weighted by atomic mass is 79.9. The third-order valence-corrected chi connectivity index (χ3v) is 5.56. The van der Waals surface area contributed by atoms with Crippen LogP contribution in [0, 0.1) is 0 Å². The van der Waals surface area contributed by atoms with Gasteiger partial charge in [0.15, 0.2) is 0 Å². The Morgan fingerprint density at radius 2 is 2.00 bits per heavy atom. The molecular formula is C13H18BrNO3S. The number of rotatable bonds is 4. The second kappa shape index (κ2) is 6.35. The van der Waals surface area contributed by atoms with Crippen LogP contribution in [0.25, 0.3) is 0 Å². The van der Waals surface area contributed by atoms with E-state index in [-0.39, 0.29) is 18.0 Å². The van der Waals surface area contributed by atoms with Crippen molar-refractivity contribution in [1.82, 2.24) is 4.31 Å². The van der Waals surface area contributed by atoms with Gasteiger partial charge in [-0.15, -0.1) is 0 Å². The number of morpholine rings is 1. The highest BCUT2D eigenvalue weighted by Crippen LogP contribution is 2.19. The minimum atomic E-state index is -3.28. The molecule has 1 heterocycles. The lowest BCUT2D eigenvalue weighted by molar-refractivity contribution is -0.0411. The summed E-state index contributed by atoms with van der Waals surface area (Å²) in [6.45, 7) is 2.75. The number of hydrogen-bond acceptors (Lipinski definition) is 3. The standard InChI is InChI=1S/C13H18BrNO3S/c1-11-8-15(9-13(7-14)18-11)19(16,17)10-12-5-3-2-4-6-12/h2-6,11,13H,7-10H2,1H3. The average Bonchev–Trinajstić information content (AvgIpc) is 2.38. The first-order valence-corrected chi connectivity index (χ1v) is 8.97. The quantitative estimate of drug-likeness (QED) is 0.782. The molecule has 1 aliphatic rings. The number of alkyl halides is 1. The number of halogens is 1. The van der Waals surface area contributed by atoms with E-state index in [0.29, 0.717) is 18.4 Å². The summed E-state index contributed by atoms with van der Waals surface area (Å²) >= 11 is 3.35. The van der Waals surface area contributed by atoms with Crippen LogP contribution in [0.1, 0.15) is 12.5 Å². The molecule has 2 unspecified atom stereocenters. The molecule has 0 saturated carbocycles. The smallest absolute Gasteiger partial charge is 0.218 e. The van der Waals surface area contributed by atoms with Gasteiger partial charge in [0.1, 0.15) is 0 Å². The van der Waals surface area contributed by atoms with Gasteiger partial charge in [-0.3, -0.25) is 0 Å². The van der Waals surface area contributed by atoms with Gasteiger partial charge in [-0.05, 0) is 12.5 Å². The zero-order chi connectivity index (χ0) is 13.9. The Bertz CT molecular complexity index is 506. The van der Waals surface area contributed by atoms with Crippen LogP contribution in [0.3, 0.4) is 0 Å². The van der Waals surface area contributed by atoms with Crippen molar-refractivity contribution in [1.29, 1.82) is 0 Å². The van der Waals surface area contributed by atoms with E-state index in [2.05, 4.69) is 15.9 Å². The Morgan fingerprint density at radius 3 is 2.63 bits per heavy atom. The molecule has 0 aromatic heterocycles. The van der Waals surface area contributed by atoms with E-state index in [9.17, 15) is 8.42 Å². The predicted molar refractivity (Wildman–Crippen MR) is 78.8 cm³/mol. The highest BCUT2D eigenvalue weighted by molar-refractivity contribution is 9.09. The van der Waals surface area contributed by atoms with E-state index >= 15 is 0 Å². The first-order chi connectivity index (χ1) is 9.01. The van der Waals surface area contributed by atoms with E-state index < -0.39 is 10.0 Å². The normalized spacial score (nSPS) is 25.4. The maximum atomic E-state index is 12.4. The van der Waals surface area contributed by atoms with Gasteiger partial charge >= 0.3 is 0 Å². The summed E-state index contributed by atoms with van der Waals surface area (Å²) in [5.74, 6) is 0.0512. The molecular weight excluding hydrogens is 330 g/mol. The molecule has 0 N–H and O–H groups in total. The monoisotopic (exact) mass is 347 g/mol. The fourth-order valence-corrected chi connectivity index (χ4v) is 4.18. The van der Waals surface area contributed by atoms with Crippen LogP contribution in [-0.4, -0.2) is 43.4 Å². The Kier molecular flexibility index (Phi) is 5.00. The number of benzene rings is 1. The Morgan fingerprint density at radius 1 is 1.32 bits per heavy atom. The van der Waals surface area contributed by atoms with Crippen LogP contribution in [0.4, 0.5) is 0 Å². The predicted octanol–water partition coefficient (Wildman–Crippen LogP) is 2.00. The molecule has 19 heavy (non-hydrogen) atoms.